The lowest BCUT2D eigenvalue weighted by Crippen LogP contribution is -2.14. The third kappa shape index (κ3) is 5.57. The molecule has 0 bridgehead atoms. The molecule has 0 atom stereocenters. The Balaban J connectivity index is 1.71. The number of esters is 1. The Bertz CT molecular complexity index is 611. The number of nitrogens with zero attached hydrogens (tertiary/aromatic N) is 1. The number of carbonyl (C=O) groups excluding carboxylic acids is 1. The molecule has 116 valence electrons. The second-order valence-electron chi connectivity index (χ2n) is 4.49. The number of ether oxygens (including phenoxy) is 1. The summed E-state index contributed by atoms with van der Waals surface area (Å²) in [5.74, 6) is -0.255. The number of thiazole rings is 1. The number of rotatable bonds is 8. The van der Waals surface area contributed by atoms with Gasteiger partial charge in [0.2, 0.25) is 5.13 Å². The first-order chi connectivity index (χ1) is 10.8. The number of aromatic nitrogens is 1. The monoisotopic (exact) mass is 317 g/mol. The first kappa shape index (κ1) is 16.0. The summed E-state index contributed by atoms with van der Waals surface area (Å²) < 4.78 is 4.89. The largest absolute Gasteiger partial charge is 0.466 e. The fourth-order valence-corrected chi connectivity index (χ4v) is 2.45. The first-order valence-corrected chi connectivity index (χ1v) is 7.96. The molecule has 0 unspecified atom stereocenters. The Morgan fingerprint density at radius 1 is 1.36 bits per heavy atom. The maximum absolute atomic E-state index is 11.4. The molecule has 0 aliphatic carbocycles. The van der Waals surface area contributed by atoms with E-state index in [4.69, 9.17) is 4.74 Å². The lowest BCUT2D eigenvalue weighted by atomic mass is 10.1. The first-order valence-electron chi connectivity index (χ1n) is 7.08. The van der Waals surface area contributed by atoms with Crippen molar-refractivity contribution in [2.75, 3.05) is 12.0 Å². The SMILES string of the molecule is CCOC(=O)Cc1csc(NNC=CCc2ccccc2)n1. The average molecular weight is 317 g/mol. The Morgan fingerprint density at radius 3 is 2.95 bits per heavy atom. The molecule has 0 fully saturated rings. The van der Waals surface area contributed by atoms with Gasteiger partial charge in [-0.25, -0.2) is 4.98 Å². The summed E-state index contributed by atoms with van der Waals surface area (Å²) in [6.07, 6.45) is 4.92. The van der Waals surface area contributed by atoms with Crippen LogP contribution in [0.1, 0.15) is 18.2 Å². The molecule has 5 nitrogen and oxygen atoms in total. The number of carbonyl (C=O) groups is 1. The zero-order valence-corrected chi connectivity index (χ0v) is 13.2. The van der Waals surface area contributed by atoms with Crippen LogP contribution >= 0.6 is 11.3 Å². The van der Waals surface area contributed by atoms with Crippen LogP contribution in [0.5, 0.6) is 0 Å². The van der Waals surface area contributed by atoms with Gasteiger partial charge in [-0.1, -0.05) is 36.4 Å². The van der Waals surface area contributed by atoms with Gasteiger partial charge in [0.05, 0.1) is 18.7 Å². The van der Waals surface area contributed by atoms with Gasteiger partial charge in [0.15, 0.2) is 0 Å². The molecule has 0 aliphatic heterocycles. The second kappa shape index (κ2) is 8.84. The molecule has 0 spiro atoms. The Hall–Kier alpha value is -2.34. The topological polar surface area (TPSA) is 63.2 Å². The van der Waals surface area contributed by atoms with Crippen LogP contribution < -0.4 is 10.9 Å². The van der Waals surface area contributed by atoms with Gasteiger partial charge < -0.3 is 10.2 Å². The van der Waals surface area contributed by atoms with Gasteiger partial charge >= 0.3 is 5.97 Å². The molecule has 0 saturated carbocycles. The van der Waals surface area contributed by atoms with Crippen LogP contribution in [0, 0.1) is 0 Å². The van der Waals surface area contributed by atoms with Crippen molar-refractivity contribution in [3.05, 3.63) is 59.2 Å². The number of allylic oxidation sites excluding steroid dienone is 1. The van der Waals surface area contributed by atoms with Crippen molar-refractivity contribution in [2.45, 2.75) is 19.8 Å². The van der Waals surface area contributed by atoms with Gasteiger partial charge in [-0.15, -0.1) is 11.3 Å². The second-order valence-corrected chi connectivity index (χ2v) is 5.35. The number of hydrazine groups is 1. The number of nitrogens with one attached hydrogen (secondary N) is 2. The highest BCUT2D eigenvalue weighted by Crippen LogP contribution is 2.15. The maximum atomic E-state index is 11.4. The van der Waals surface area contributed by atoms with E-state index in [9.17, 15) is 4.79 Å². The van der Waals surface area contributed by atoms with Gasteiger partial charge in [-0.3, -0.25) is 10.2 Å². The summed E-state index contributed by atoms with van der Waals surface area (Å²) in [7, 11) is 0. The third-order valence-electron chi connectivity index (χ3n) is 2.76. The molecule has 1 heterocycles. The van der Waals surface area contributed by atoms with Gasteiger partial charge in [0, 0.05) is 11.6 Å². The third-order valence-corrected chi connectivity index (χ3v) is 3.57. The maximum Gasteiger partial charge on any atom is 0.311 e. The Kier molecular flexibility index (Phi) is 6.44. The summed E-state index contributed by atoms with van der Waals surface area (Å²) in [5.41, 5.74) is 7.91. The van der Waals surface area contributed by atoms with Crippen LogP contribution in [0.2, 0.25) is 0 Å². The van der Waals surface area contributed by atoms with Gasteiger partial charge in [-0.2, -0.15) is 0 Å². The van der Waals surface area contributed by atoms with Crippen LogP contribution in [0.25, 0.3) is 0 Å². The summed E-state index contributed by atoms with van der Waals surface area (Å²) in [5, 5.41) is 2.55. The molecule has 0 amide bonds. The highest BCUT2D eigenvalue weighted by Gasteiger charge is 2.07. The minimum absolute atomic E-state index is 0.204. The molecule has 0 saturated heterocycles. The van der Waals surface area contributed by atoms with E-state index in [0.717, 1.165) is 6.42 Å². The van der Waals surface area contributed by atoms with Gasteiger partial charge in [-0.05, 0) is 18.9 Å². The molecular formula is C16H19N3O2S. The van der Waals surface area contributed by atoms with Crippen LogP contribution in [-0.2, 0) is 22.4 Å². The lowest BCUT2D eigenvalue weighted by Gasteiger charge is -2.01. The molecule has 0 radical (unpaired) electrons. The molecular weight excluding hydrogens is 298 g/mol. The summed E-state index contributed by atoms with van der Waals surface area (Å²) in [4.78, 5) is 15.6. The molecule has 2 aromatic rings. The van der Waals surface area contributed by atoms with E-state index in [1.807, 2.05) is 35.9 Å². The van der Waals surface area contributed by atoms with E-state index in [-0.39, 0.29) is 12.4 Å². The molecule has 2 N–H and O–H groups in total. The van der Waals surface area contributed by atoms with E-state index in [1.54, 1.807) is 6.92 Å². The van der Waals surface area contributed by atoms with Crippen molar-refractivity contribution in [1.29, 1.82) is 0 Å². The van der Waals surface area contributed by atoms with Crippen molar-refractivity contribution < 1.29 is 9.53 Å². The van der Waals surface area contributed by atoms with Crippen LogP contribution in [0.4, 0.5) is 5.13 Å². The summed E-state index contributed by atoms with van der Waals surface area (Å²) >= 11 is 1.44. The zero-order valence-electron chi connectivity index (χ0n) is 12.4. The van der Waals surface area contributed by atoms with E-state index >= 15 is 0 Å². The van der Waals surface area contributed by atoms with E-state index in [0.29, 0.717) is 17.4 Å². The van der Waals surface area contributed by atoms with Gasteiger partial charge in [0.1, 0.15) is 0 Å². The number of benzene rings is 1. The van der Waals surface area contributed by atoms with E-state index in [2.05, 4.69) is 28.0 Å². The standard InChI is InChI=1S/C16H19N3O2S/c1-2-21-15(20)11-14-12-22-16(18-14)19-17-10-6-9-13-7-4-3-5-8-13/h3-8,10,12,17H,2,9,11H2,1H3,(H,18,19). The van der Waals surface area contributed by atoms with E-state index < -0.39 is 0 Å². The number of anilines is 1. The van der Waals surface area contributed by atoms with E-state index in [1.165, 1.54) is 16.9 Å². The highest BCUT2D eigenvalue weighted by molar-refractivity contribution is 7.13. The van der Waals surface area contributed by atoms with Crippen molar-refractivity contribution in [1.82, 2.24) is 10.4 Å². The predicted molar refractivity (Wildman–Crippen MR) is 88.5 cm³/mol. The Labute approximate surface area is 134 Å². The predicted octanol–water partition coefficient (Wildman–Crippen LogP) is 2.92. The summed E-state index contributed by atoms with van der Waals surface area (Å²) in [6, 6.07) is 10.2. The quantitative estimate of drug-likeness (QED) is 0.579. The van der Waals surface area contributed by atoms with Crippen molar-refractivity contribution in [2.24, 2.45) is 0 Å². The number of hydrogen-bond donors (Lipinski definition) is 2. The molecule has 0 aliphatic rings. The van der Waals surface area contributed by atoms with Crippen LogP contribution in [0.15, 0.2) is 48.0 Å². The number of hydrogen-bond acceptors (Lipinski definition) is 6. The van der Waals surface area contributed by atoms with Crippen LogP contribution in [0.3, 0.4) is 0 Å². The lowest BCUT2D eigenvalue weighted by molar-refractivity contribution is -0.142. The van der Waals surface area contributed by atoms with Crippen LogP contribution in [-0.4, -0.2) is 17.6 Å². The Morgan fingerprint density at radius 2 is 2.18 bits per heavy atom. The average Bonchev–Trinajstić information content (AvgIpc) is 2.95. The minimum atomic E-state index is -0.255. The van der Waals surface area contributed by atoms with Crippen molar-refractivity contribution in [3.63, 3.8) is 0 Å². The van der Waals surface area contributed by atoms with Crippen molar-refractivity contribution in [3.8, 4) is 0 Å². The van der Waals surface area contributed by atoms with Crippen molar-refractivity contribution >= 4 is 22.4 Å². The molecule has 22 heavy (non-hydrogen) atoms. The fourth-order valence-electron chi connectivity index (χ4n) is 1.78. The minimum Gasteiger partial charge on any atom is -0.466 e. The molecule has 2 rings (SSSR count). The highest BCUT2D eigenvalue weighted by atomic mass is 32.1. The summed E-state index contributed by atoms with van der Waals surface area (Å²) in [6.45, 7) is 2.18. The molecule has 1 aromatic heterocycles. The fraction of sp³-hybridized carbons (Fsp3) is 0.250. The molecule has 6 heteroatoms. The molecule has 1 aromatic carbocycles. The zero-order chi connectivity index (χ0) is 15.6. The normalized spacial score (nSPS) is 10.6. The van der Waals surface area contributed by atoms with Gasteiger partial charge in [0.25, 0.3) is 0 Å². The smallest absolute Gasteiger partial charge is 0.311 e.